The van der Waals surface area contributed by atoms with Crippen molar-refractivity contribution < 1.29 is 5.11 Å². The molecule has 0 saturated carbocycles. The maximum Gasteiger partial charge on any atom is 0.274 e. The lowest BCUT2D eigenvalue weighted by Gasteiger charge is -2.15. The van der Waals surface area contributed by atoms with E-state index in [0.717, 1.165) is 33.3 Å². The number of aromatic nitrogens is 2. The van der Waals surface area contributed by atoms with Gasteiger partial charge in [0, 0.05) is 10.9 Å². The molecule has 0 aliphatic carbocycles. The van der Waals surface area contributed by atoms with Gasteiger partial charge in [0.1, 0.15) is 0 Å². The molecule has 4 heteroatoms. The Kier molecular flexibility index (Phi) is 4.80. The Balaban J connectivity index is 1.82. The summed E-state index contributed by atoms with van der Waals surface area (Å²) in [6.07, 6.45) is -0.808. The molecule has 28 heavy (non-hydrogen) atoms. The summed E-state index contributed by atoms with van der Waals surface area (Å²) in [6.45, 7) is 4.14. The molecule has 1 atom stereocenters. The molecule has 1 aromatic heterocycles. The van der Waals surface area contributed by atoms with E-state index in [9.17, 15) is 9.90 Å². The second-order valence-corrected chi connectivity index (χ2v) is 7.17. The zero-order valence-corrected chi connectivity index (χ0v) is 16.0. The van der Waals surface area contributed by atoms with Crippen LogP contribution in [-0.4, -0.2) is 14.9 Å². The van der Waals surface area contributed by atoms with E-state index in [-0.39, 0.29) is 12.1 Å². The van der Waals surface area contributed by atoms with Crippen LogP contribution >= 0.6 is 0 Å². The molecule has 0 bridgehead atoms. The predicted octanol–water partition coefficient (Wildman–Crippen LogP) is 4.41. The van der Waals surface area contributed by atoms with Gasteiger partial charge in [-0.15, -0.1) is 0 Å². The van der Waals surface area contributed by atoms with Crippen molar-refractivity contribution in [2.75, 3.05) is 0 Å². The highest BCUT2D eigenvalue weighted by atomic mass is 16.3. The average Bonchev–Trinajstić information content (AvgIpc) is 2.71. The minimum absolute atomic E-state index is 0.103. The monoisotopic (exact) mass is 370 g/mol. The highest BCUT2D eigenvalue weighted by Gasteiger charge is 2.15. The molecule has 0 amide bonds. The van der Waals surface area contributed by atoms with E-state index in [1.54, 1.807) is 0 Å². The standard InChI is InChI=1S/C24H22N2O2/c1-16-7-11-18(12-8-16)22(27)15-26-24(28)21-6-4-3-5-20(21)23(25-26)19-13-9-17(2)10-14-19/h3-14,22,27H,15H2,1-2H3/t22-/m0/s1. The molecule has 0 saturated heterocycles. The highest BCUT2D eigenvalue weighted by Crippen LogP contribution is 2.25. The predicted molar refractivity (Wildman–Crippen MR) is 112 cm³/mol. The third-order valence-electron chi connectivity index (χ3n) is 5.00. The van der Waals surface area contributed by atoms with Crippen LogP contribution in [0, 0.1) is 13.8 Å². The summed E-state index contributed by atoms with van der Waals surface area (Å²) in [6, 6.07) is 23.2. The summed E-state index contributed by atoms with van der Waals surface area (Å²) in [5, 5.41) is 16.7. The quantitative estimate of drug-likeness (QED) is 0.579. The van der Waals surface area contributed by atoms with E-state index >= 15 is 0 Å². The first-order valence-electron chi connectivity index (χ1n) is 9.34. The fourth-order valence-electron chi connectivity index (χ4n) is 3.34. The Hall–Kier alpha value is -3.24. The van der Waals surface area contributed by atoms with Crippen molar-refractivity contribution in [1.29, 1.82) is 0 Å². The number of fused-ring (bicyclic) bond motifs is 1. The third-order valence-corrected chi connectivity index (χ3v) is 5.00. The Morgan fingerprint density at radius 1 is 0.857 bits per heavy atom. The Morgan fingerprint density at radius 2 is 1.43 bits per heavy atom. The van der Waals surface area contributed by atoms with Crippen molar-refractivity contribution in [2.24, 2.45) is 0 Å². The molecular weight excluding hydrogens is 348 g/mol. The van der Waals surface area contributed by atoms with Gasteiger partial charge >= 0.3 is 0 Å². The first-order valence-corrected chi connectivity index (χ1v) is 9.34. The number of aliphatic hydroxyl groups is 1. The molecule has 4 nitrogen and oxygen atoms in total. The molecular formula is C24H22N2O2. The molecule has 4 aromatic rings. The van der Waals surface area contributed by atoms with Gasteiger partial charge in [0.05, 0.1) is 23.7 Å². The zero-order valence-electron chi connectivity index (χ0n) is 16.0. The Morgan fingerprint density at radius 3 is 2.07 bits per heavy atom. The number of rotatable bonds is 4. The summed E-state index contributed by atoms with van der Waals surface area (Å²) >= 11 is 0. The van der Waals surface area contributed by atoms with Gasteiger partial charge in [0.25, 0.3) is 5.56 Å². The molecule has 0 radical (unpaired) electrons. The fraction of sp³-hybridized carbons (Fsp3) is 0.167. The van der Waals surface area contributed by atoms with Crippen molar-refractivity contribution in [1.82, 2.24) is 9.78 Å². The van der Waals surface area contributed by atoms with Crippen LogP contribution < -0.4 is 5.56 Å². The van der Waals surface area contributed by atoms with Crippen molar-refractivity contribution in [3.05, 3.63) is 99.8 Å². The van der Waals surface area contributed by atoms with E-state index in [1.165, 1.54) is 4.68 Å². The molecule has 4 rings (SSSR count). The van der Waals surface area contributed by atoms with E-state index in [4.69, 9.17) is 0 Å². The van der Waals surface area contributed by atoms with Crippen LogP contribution in [0.2, 0.25) is 0 Å². The van der Waals surface area contributed by atoms with Gasteiger partial charge in [0.2, 0.25) is 0 Å². The second kappa shape index (κ2) is 7.41. The topological polar surface area (TPSA) is 55.1 Å². The summed E-state index contributed by atoms with van der Waals surface area (Å²) in [4.78, 5) is 13.0. The molecule has 0 aliphatic rings. The van der Waals surface area contributed by atoms with Crippen molar-refractivity contribution in [3.8, 4) is 11.3 Å². The van der Waals surface area contributed by atoms with Gasteiger partial charge in [-0.25, -0.2) is 4.68 Å². The molecule has 0 spiro atoms. The number of aliphatic hydroxyl groups excluding tert-OH is 1. The molecule has 3 aromatic carbocycles. The number of hydrogen-bond donors (Lipinski definition) is 1. The highest BCUT2D eigenvalue weighted by molar-refractivity contribution is 5.93. The normalized spacial score (nSPS) is 12.2. The maximum atomic E-state index is 13.0. The van der Waals surface area contributed by atoms with Crippen LogP contribution in [0.4, 0.5) is 0 Å². The first-order chi connectivity index (χ1) is 13.5. The number of hydrogen-bond acceptors (Lipinski definition) is 3. The zero-order chi connectivity index (χ0) is 19.7. The molecule has 140 valence electrons. The smallest absolute Gasteiger partial charge is 0.274 e. The molecule has 0 unspecified atom stereocenters. The lowest BCUT2D eigenvalue weighted by Crippen LogP contribution is -2.26. The van der Waals surface area contributed by atoms with Gasteiger partial charge in [-0.2, -0.15) is 5.10 Å². The molecule has 1 heterocycles. The maximum absolute atomic E-state index is 13.0. The Bertz CT molecular complexity index is 1180. The van der Waals surface area contributed by atoms with Crippen LogP contribution in [0.25, 0.3) is 22.0 Å². The van der Waals surface area contributed by atoms with Crippen LogP contribution in [0.15, 0.2) is 77.6 Å². The molecule has 0 aliphatic heterocycles. The lowest BCUT2D eigenvalue weighted by atomic mass is 10.0. The lowest BCUT2D eigenvalue weighted by molar-refractivity contribution is 0.150. The average molecular weight is 370 g/mol. The minimum Gasteiger partial charge on any atom is -0.386 e. The van der Waals surface area contributed by atoms with Gasteiger partial charge in [-0.1, -0.05) is 77.9 Å². The third kappa shape index (κ3) is 3.47. The molecule has 1 N–H and O–H groups in total. The van der Waals surface area contributed by atoms with Crippen LogP contribution in [0.3, 0.4) is 0 Å². The fourth-order valence-corrected chi connectivity index (χ4v) is 3.34. The van der Waals surface area contributed by atoms with Crippen molar-refractivity contribution in [2.45, 2.75) is 26.5 Å². The van der Waals surface area contributed by atoms with Crippen LogP contribution in [-0.2, 0) is 6.54 Å². The summed E-state index contributed by atoms with van der Waals surface area (Å²) in [7, 11) is 0. The van der Waals surface area contributed by atoms with Gasteiger partial charge in [-0.3, -0.25) is 4.79 Å². The van der Waals surface area contributed by atoms with Gasteiger partial charge in [-0.05, 0) is 25.5 Å². The number of aryl methyl sites for hydroxylation is 2. The van der Waals surface area contributed by atoms with Crippen molar-refractivity contribution in [3.63, 3.8) is 0 Å². The van der Waals surface area contributed by atoms with Crippen molar-refractivity contribution >= 4 is 10.8 Å². The van der Waals surface area contributed by atoms with Crippen LogP contribution in [0.5, 0.6) is 0 Å². The van der Waals surface area contributed by atoms with E-state index < -0.39 is 6.10 Å². The van der Waals surface area contributed by atoms with Crippen LogP contribution in [0.1, 0.15) is 22.8 Å². The number of nitrogens with zero attached hydrogens (tertiary/aromatic N) is 2. The van der Waals surface area contributed by atoms with E-state index in [1.807, 2.05) is 86.6 Å². The number of benzene rings is 3. The SMILES string of the molecule is Cc1ccc(-c2nn(C[C@H](O)c3ccc(C)cc3)c(=O)c3ccccc23)cc1. The minimum atomic E-state index is -0.808. The van der Waals surface area contributed by atoms with Gasteiger partial charge < -0.3 is 5.11 Å². The van der Waals surface area contributed by atoms with E-state index in [2.05, 4.69) is 5.10 Å². The first kappa shape index (κ1) is 18.1. The molecule has 0 fully saturated rings. The largest absolute Gasteiger partial charge is 0.386 e. The van der Waals surface area contributed by atoms with Gasteiger partial charge in [0.15, 0.2) is 0 Å². The summed E-state index contributed by atoms with van der Waals surface area (Å²) < 4.78 is 1.38. The summed E-state index contributed by atoms with van der Waals surface area (Å²) in [5.74, 6) is 0. The second-order valence-electron chi connectivity index (χ2n) is 7.17. The Labute approximate surface area is 163 Å². The summed E-state index contributed by atoms with van der Waals surface area (Å²) in [5.41, 5.74) is 4.54. The van der Waals surface area contributed by atoms with E-state index in [0.29, 0.717) is 5.39 Å².